The van der Waals surface area contributed by atoms with Gasteiger partial charge >= 0.3 is 0 Å². The molecule has 0 saturated heterocycles. The zero-order valence-electron chi connectivity index (χ0n) is 11.1. The van der Waals surface area contributed by atoms with Crippen LogP contribution in [0, 0.1) is 0 Å². The molecule has 0 atom stereocenters. The molecule has 2 aromatic rings. The van der Waals surface area contributed by atoms with Crippen LogP contribution in [0.25, 0.3) is 0 Å². The van der Waals surface area contributed by atoms with Crippen molar-refractivity contribution in [1.82, 2.24) is 0 Å². The van der Waals surface area contributed by atoms with Gasteiger partial charge in [0.25, 0.3) is 0 Å². The number of rotatable bonds is 6. The molecule has 0 spiro atoms. The van der Waals surface area contributed by atoms with Gasteiger partial charge in [-0.2, -0.15) is 11.8 Å². The highest BCUT2D eigenvalue weighted by Crippen LogP contribution is 2.27. The first-order valence-electron chi connectivity index (χ1n) is 6.42. The fourth-order valence-electron chi connectivity index (χ4n) is 1.86. The highest BCUT2D eigenvalue weighted by Gasteiger charge is 2.04. The Morgan fingerprint density at radius 3 is 2.58 bits per heavy atom. The van der Waals surface area contributed by atoms with Crippen molar-refractivity contribution in [2.24, 2.45) is 0 Å². The smallest absolute Gasteiger partial charge is 0.123 e. The maximum atomic E-state index is 5.84. The summed E-state index contributed by atoms with van der Waals surface area (Å²) in [6.45, 7) is 2.68. The lowest BCUT2D eigenvalue weighted by molar-refractivity contribution is 0.337. The van der Waals surface area contributed by atoms with Crippen LogP contribution in [0.5, 0.6) is 5.75 Å². The summed E-state index contributed by atoms with van der Waals surface area (Å²) in [5.41, 5.74) is 9.14. The highest BCUT2D eigenvalue weighted by atomic mass is 32.2. The van der Waals surface area contributed by atoms with E-state index >= 15 is 0 Å². The van der Waals surface area contributed by atoms with Gasteiger partial charge in [-0.25, -0.2) is 0 Å². The van der Waals surface area contributed by atoms with Gasteiger partial charge in [-0.05, 0) is 30.7 Å². The summed E-state index contributed by atoms with van der Waals surface area (Å²) in [4.78, 5) is 0. The van der Waals surface area contributed by atoms with E-state index < -0.39 is 0 Å². The van der Waals surface area contributed by atoms with Crippen LogP contribution in [0.4, 0.5) is 5.69 Å². The molecule has 2 rings (SSSR count). The van der Waals surface area contributed by atoms with Crippen LogP contribution in [0.2, 0.25) is 0 Å². The molecule has 0 radical (unpaired) electrons. The summed E-state index contributed by atoms with van der Waals surface area (Å²) in [6.07, 6.45) is 0. The first kappa shape index (κ1) is 13.8. The van der Waals surface area contributed by atoms with Gasteiger partial charge in [0.15, 0.2) is 0 Å². The minimum absolute atomic E-state index is 0.681. The van der Waals surface area contributed by atoms with Gasteiger partial charge in [0, 0.05) is 22.8 Å². The largest absolute Gasteiger partial charge is 0.494 e. The van der Waals surface area contributed by atoms with Crippen LogP contribution in [0.1, 0.15) is 18.1 Å². The van der Waals surface area contributed by atoms with Crippen LogP contribution >= 0.6 is 11.8 Å². The highest BCUT2D eigenvalue weighted by molar-refractivity contribution is 7.97. The van der Waals surface area contributed by atoms with E-state index in [-0.39, 0.29) is 0 Å². The zero-order chi connectivity index (χ0) is 13.5. The van der Waals surface area contributed by atoms with Crippen molar-refractivity contribution in [1.29, 1.82) is 0 Å². The van der Waals surface area contributed by atoms with E-state index in [1.54, 1.807) is 0 Å². The average molecular weight is 273 g/mol. The molecule has 3 heteroatoms. The van der Waals surface area contributed by atoms with Crippen molar-refractivity contribution < 1.29 is 4.74 Å². The number of benzene rings is 2. The van der Waals surface area contributed by atoms with Crippen molar-refractivity contribution in [3.8, 4) is 5.75 Å². The number of nitrogen functional groups attached to an aromatic ring is 1. The Hall–Kier alpha value is -1.61. The summed E-state index contributed by atoms with van der Waals surface area (Å²) in [5.74, 6) is 2.86. The molecule has 0 aliphatic heterocycles. The molecule has 0 fully saturated rings. The van der Waals surface area contributed by atoms with Crippen molar-refractivity contribution >= 4 is 17.4 Å². The molecule has 2 aromatic carbocycles. The summed E-state index contributed by atoms with van der Waals surface area (Å²) in [7, 11) is 0. The zero-order valence-corrected chi connectivity index (χ0v) is 12.0. The van der Waals surface area contributed by atoms with Crippen molar-refractivity contribution in [3.63, 3.8) is 0 Å². The van der Waals surface area contributed by atoms with Crippen LogP contribution in [-0.2, 0) is 11.5 Å². The van der Waals surface area contributed by atoms with Crippen molar-refractivity contribution in [3.05, 3.63) is 59.7 Å². The standard InChI is InChI=1S/C16H19NOS/c1-2-18-16-9-8-15(17)10-14(16)12-19-11-13-6-4-3-5-7-13/h3-10H,2,11-12,17H2,1H3. The summed E-state index contributed by atoms with van der Waals surface area (Å²) < 4.78 is 5.63. The van der Waals surface area contributed by atoms with Gasteiger partial charge in [-0.1, -0.05) is 30.3 Å². The molecule has 100 valence electrons. The van der Waals surface area contributed by atoms with Crippen molar-refractivity contribution in [2.75, 3.05) is 12.3 Å². The second kappa shape index (κ2) is 7.10. The van der Waals surface area contributed by atoms with E-state index in [0.717, 1.165) is 22.9 Å². The van der Waals surface area contributed by atoms with E-state index in [1.165, 1.54) is 11.1 Å². The molecule has 0 bridgehead atoms. The molecular weight excluding hydrogens is 254 g/mol. The first-order valence-corrected chi connectivity index (χ1v) is 7.58. The van der Waals surface area contributed by atoms with Gasteiger partial charge < -0.3 is 10.5 Å². The number of anilines is 1. The molecular formula is C16H19NOS. The topological polar surface area (TPSA) is 35.2 Å². The fourth-order valence-corrected chi connectivity index (χ4v) is 2.84. The van der Waals surface area contributed by atoms with E-state index in [9.17, 15) is 0 Å². The van der Waals surface area contributed by atoms with Gasteiger partial charge in [0.2, 0.25) is 0 Å². The Morgan fingerprint density at radius 1 is 1.05 bits per heavy atom. The number of nitrogens with two attached hydrogens (primary N) is 1. The van der Waals surface area contributed by atoms with E-state index in [0.29, 0.717) is 6.61 Å². The first-order chi connectivity index (χ1) is 9.29. The molecule has 2 N–H and O–H groups in total. The maximum absolute atomic E-state index is 5.84. The third-order valence-corrected chi connectivity index (χ3v) is 3.81. The van der Waals surface area contributed by atoms with Gasteiger partial charge in [0.1, 0.15) is 5.75 Å². The molecule has 0 saturated carbocycles. The molecule has 0 heterocycles. The molecule has 0 aromatic heterocycles. The molecule has 0 aliphatic rings. The van der Waals surface area contributed by atoms with E-state index in [4.69, 9.17) is 10.5 Å². The van der Waals surface area contributed by atoms with Crippen LogP contribution in [-0.4, -0.2) is 6.61 Å². The minimum atomic E-state index is 0.681. The lowest BCUT2D eigenvalue weighted by Crippen LogP contribution is -1.97. The van der Waals surface area contributed by atoms with Gasteiger partial charge in [0.05, 0.1) is 6.61 Å². The van der Waals surface area contributed by atoms with E-state index in [2.05, 4.69) is 24.3 Å². The monoisotopic (exact) mass is 273 g/mol. The predicted octanol–water partition coefficient (Wildman–Crippen LogP) is 4.10. The average Bonchev–Trinajstić information content (AvgIpc) is 2.43. The number of ether oxygens (including phenoxy) is 1. The summed E-state index contributed by atoms with van der Waals surface area (Å²) in [5, 5.41) is 0. The summed E-state index contributed by atoms with van der Waals surface area (Å²) >= 11 is 1.87. The fraction of sp³-hybridized carbons (Fsp3) is 0.250. The van der Waals surface area contributed by atoms with Crippen LogP contribution in [0.15, 0.2) is 48.5 Å². The number of hydrogen-bond acceptors (Lipinski definition) is 3. The lowest BCUT2D eigenvalue weighted by Gasteiger charge is -2.11. The quantitative estimate of drug-likeness (QED) is 0.805. The second-order valence-electron chi connectivity index (χ2n) is 4.28. The number of thioether (sulfide) groups is 1. The second-order valence-corrected chi connectivity index (χ2v) is 5.26. The Morgan fingerprint density at radius 2 is 1.84 bits per heavy atom. The Labute approximate surface area is 119 Å². The summed E-state index contributed by atoms with van der Waals surface area (Å²) in [6, 6.07) is 16.3. The van der Waals surface area contributed by atoms with Crippen LogP contribution < -0.4 is 10.5 Å². The van der Waals surface area contributed by atoms with Gasteiger partial charge in [-0.3, -0.25) is 0 Å². The lowest BCUT2D eigenvalue weighted by atomic mass is 10.2. The Balaban J connectivity index is 1.96. The minimum Gasteiger partial charge on any atom is -0.494 e. The molecule has 19 heavy (non-hydrogen) atoms. The predicted molar refractivity (Wildman–Crippen MR) is 83.5 cm³/mol. The van der Waals surface area contributed by atoms with Gasteiger partial charge in [-0.15, -0.1) is 0 Å². The normalized spacial score (nSPS) is 10.4. The van der Waals surface area contributed by atoms with Crippen molar-refractivity contribution in [2.45, 2.75) is 18.4 Å². The Kier molecular flexibility index (Phi) is 5.16. The molecule has 0 aliphatic carbocycles. The molecule has 2 nitrogen and oxygen atoms in total. The Bertz CT molecular complexity index is 513. The van der Waals surface area contributed by atoms with E-state index in [1.807, 2.05) is 43.0 Å². The third kappa shape index (κ3) is 4.21. The molecule has 0 amide bonds. The van der Waals surface area contributed by atoms with Crippen LogP contribution in [0.3, 0.4) is 0 Å². The third-order valence-electron chi connectivity index (χ3n) is 2.75. The number of hydrogen-bond donors (Lipinski definition) is 1. The maximum Gasteiger partial charge on any atom is 0.123 e. The molecule has 0 unspecified atom stereocenters. The SMILES string of the molecule is CCOc1ccc(N)cc1CSCc1ccccc1.